The first-order valence-electron chi connectivity index (χ1n) is 9.73. The maximum Gasteiger partial charge on any atom is 0.191 e. The van der Waals surface area contributed by atoms with Crippen LogP contribution in [0.2, 0.25) is 0 Å². The highest BCUT2D eigenvalue weighted by Gasteiger charge is 2.38. The van der Waals surface area contributed by atoms with Gasteiger partial charge in [-0.15, -0.1) is 0 Å². The molecule has 1 saturated heterocycles. The van der Waals surface area contributed by atoms with Crippen molar-refractivity contribution in [2.24, 2.45) is 4.99 Å². The molecule has 3 N–H and O–H groups in total. The molecule has 1 aromatic rings. The molecule has 0 radical (unpaired) electrons. The average Bonchev–Trinajstić information content (AvgIpc) is 3.43. The van der Waals surface area contributed by atoms with E-state index >= 15 is 0 Å². The first-order chi connectivity index (χ1) is 12.6. The quantitative estimate of drug-likeness (QED) is 0.512. The van der Waals surface area contributed by atoms with Gasteiger partial charge in [0.2, 0.25) is 0 Å². The molecule has 0 bridgehead atoms. The van der Waals surface area contributed by atoms with Gasteiger partial charge in [-0.3, -0.25) is 9.89 Å². The first-order valence-corrected chi connectivity index (χ1v) is 9.73. The summed E-state index contributed by atoms with van der Waals surface area (Å²) in [4.78, 5) is 7.22. The number of nitrogens with zero attached hydrogens (tertiary/aromatic N) is 2. The zero-order chi connectivity index (χ0) is 18.5. The molecule has 1 heterocycles. The summed E-state index contributed by atoms with van der Waals surface area (Å²) in [5, 5.41) is 17.3. The van der Waals surface area contributed by atoms with E-state index in [4.69, 9.17) is 4.74 Å². The van der Waals surface area contributed by atoms with E-state index in [-0.39, 0.29) is 0 Å². The van der Waals surface area contributed by atoms with Crippen LogP contribution in [-0.4, -0.2) is 60.8 Å². The fraction of sp³-hybridized carbons (Fsp3) is 0.650. The smallest absolute Gasteiger partial charge is 0.191 e. The minimum absolute atomic E-state index is 0.317. The third-order valence-corrected chi connectivity index (χ3v) is 5.22. The van der Waals surface area contributed by atoms with Gasteiger partial charge in [0.25, 0.3) is 0 Å². The van der Waals surface area contributed by atoms with Gasteiger partial charge < -0.3 is 20.5 Å². The lowest BCUT2D eigenvalue weighted by atomic mass is 10.1. The number of rotatable bonds is 7. The normalized spacial score (nSPS) is 25.2. The minimum Gasteiger partial charge on any atom is -0.497 e. The van der Waals surface area contributed by atoms with Gasteiger partial charge in [0.1, 0.15) is 5.75 Å². The van der Waals surface area contributed by atoms with E-state index in [0.717, 1.165) is 42.8 Å². The standard InChI is InChI=1S/C20H32N4O2/c1-4-21-20(23-16-10-14(2)24(13-16)17-8-9-17)22-12-19(25)15-6-5-7-18(11-15)26-3/h5-7,11,14,16-17,19,25H,4,8-10,12-13H2,1-3H3,(H2,21,22,23). The van der Waals surface area contributed by atoms with E-state index in [0.29, 0.717) is 18.6 Å². The van der Waals surface area contributed by atoms with Crippen molar-refractivity contribution in [1.82, 2.24) is 15.5 Å². The van der Waals surface area contributed by atoms with Crippen LogP contribution in [0.25, 0.3) is 0 Å². The molecule has 6 heteroatoms. The number of likely N-dealkylation sites (tertiary alicyclic amines) is 1. The van der Waals surface area contributed by atoms with Crippen LogP contribution < -0.4 is 15.4 Å². The average molecular weight is 361 g/mol. The van der Waals surface area contributed by atoms with Crippen LogP contribution in [0, 0.1) is 0 Å². The number of nitrogens with one attached hydrogen (secondary N) is 2. The Morgan fingerprint density at radius 2 is 2.23 bits per heavy atom. The maximum atomic E-state index is 10.5. The van der Waals surface area contributed by atoms with E-state index in [1.165, 1.54) is 12.8 Å². The monoisotopic (exact) mass is 360 g/mol. The molecule has 2 fully saturated rings. The molecule has 26 heavy (non-hydrogen) atoms. The summed E-state index contributed by atoms with van der Waals surface area (Å²) in [5.41, 5.74) is 0.818. The Balaban J connectivity index is 1.58. The van der Waals surface area contributed by atoms with Crippen LogP contribution in [0.4, 0.5) is 0 Å². The molecule has 3 rings (SSSR count). The topological polar surface area (TPSA) is 69.1 Å². The van der Waals surface area contributed by atoms with Crippen molar-refractivity contribution in [3.63, 3.8) is 0 Å². The lowest BCUT2D eigenvalue weighted by molar-refractivity contribution is 0.186. The molecule has 1 aliphatic heterocycles. The van der Waals surface area contributed by atoms with E-state index < -0.39 is 6.10 Å². The van der Waals surface area contributed by atoms with Crippen LogP contribution in [0.1, 0.15) is 44.8 Å². The molecule has 1 aliphatic carbocycles. The van der Waals surface area contributed by atoms with Crippen LogP contribution in [0.5, 0.6) is 5.75 Å². The second kappa shape index (κ2) is 8.73. The third kappa shape index (κ3) is 4.89. The van der Waals surface area contributed by atoms with Crippen LogP contribution in [-0.2, 0) is 0 Å². The summed E-state index contributed by atoms with van der Waals surface area (Å²) in [6.07, 6.45) is 3.18. The first kappa shape index (κ1) is 19.0. The molecule has 3 atom stereocenters. The van der Waals surface area contributed by atoms with E-state index in [2.05, 4.69) is 34.4 Å². The predicted molar refractivity (Wildman–Crippen MR) is 105 cm³/mol. The second-order valence-electron chi connectivity index (χ2n) is 7.37. The van der Waals surface area contributed by atoms with Crippen molar-refractivity contribution in [3.8, 4) is 5.75 Å². The van der Waals surface area contributed by atoms with Gasteiger partial charge in [-0.2, -0.15) is 0 Å². The highest BCUT2D eigenvalue weighted by molar-refractivity contribution is 5.80. The van der Waals surface area contributed by atoms with E-state index in [1.54, 1.807) is 7.11 Å². The fourth-order valence-electron chi connectivity index (χ4n) is 3.72. The molecule has 6 nitrogen and oxygen atoms in total. The summed E-state index contributed by atoms with van der Waals surface area (Å²) < 4.78 is 5.23. The molecule has 3 unspecified atom stereocenters. The lowest BCUT2D eigenvalue weighted by Gasteiger charge is -2.20. The third-order valence-electron chi connectivity index (χ3n) is 5.22. The van der Waals surface area contributed by atoms with Crippen LogP contribution in [0.3, 0.4) is 0 Å². The molecule has 144 valence electrons. The summed E-state index contributed by atoms with van der Waals surface area (Å²) in [6, 6.07) is 9.35. The highest BCUT2D eigenvalue weighted by atomic mass is 16.5. The molecule has 2 aliphatic rings. The Bertz CT molecular complexity index is 618. The minimum atomic E-state index is -0.647. The number of aliphatic hydroxyl groups is 1. The highest BCUT2D eigenvalue weighted by Crippen LogP contribution is 2.33. The van der Waals surface area contributed by atoms with Crippen LogP contribution in [0.15, 0.2) is 29.3 Å². The number of aliphatic hydroxyl groups excluding tert-OH is 1. The largest absolute Gasteiger partial charge is 0.497 e. The Morgan fingerprint density at radius 3 is 2.92 bits per heavy atom. The number of hydrogen-bond acceptors (Lipinski definition) is 4. The van der Waals surface area contributed by atoms with Crippen molar-refractivity contribution >= 4 is 5.96 Å². The molecular formula is C20H32N4O2. The molecular weight excluding hydrogens is 328 g/mol. The number of ether oxygens (including phenoxy) is 1. The Labute approximate surface area is 156 Å². The SMILES string of the molecule is CCNC(=NCC(O)c1cccc(OC)c1)NC1CC(C)N(C2CC2)C1. The summed E-state index contributed by atoms with van der Waals surface area (Å²) >= 11 is 0. The van der Waals surface area contributed by atoms with E-state index in [9.17, 15) is 5.11 Å². The maximum absolute atomic E-state index is 10.5. The molecule has 1 aromatic carbocycles. The Morgan fingerprint density at radius 1 is 1.42 bits per heavy atom. The van der Waals surface area contributed by atoms with Gasteiger partial charge in [-0.25, -0.2) is 0 Å². The van der Waals surface area contributed by atoms with E-state index in [1.807, 2.05) is 24.3 Å². The van der Waals surface area contributed by atoms with Gasteiger partial charge >= 0.3 is 0 Å². The summed E-state index contributed by atoms with van der Waals surface area (Å²) in [5.74, 6) is 1.53. The number of benzene rings is 1. The Kier molecular flexibility index (Phi) is 6.38. The predicted octanol–water partition coefficient (Wildman–Crippen LogP) is 1.91. The van der Waals surface area contributed by atoms with Gasteiger partial charge in [-0.05, 0) is 50.8 Å². The number of aliphatic imine (C=N–C) groups is 1. The zero-order valence-electron chi connectivity index (χ0n) is 16.1. The second-order valence-corrected chi connectivity index (χ2v) is 7.37. The number of guanidine groups is 1. The van der Waals surface area contributed by atoms with Crippen molar-refractivity contribution in [2.75, 3.05) is 26.7 Å². The van der Waals surface area contributed by atoms with Gasteiger partial charge in [0, 0.05) is 31.2 Å². The number of methoxy groups -OCH3 is 1. The van der Waals surface area contributed by atoms with Gasteiger partial charge in [-0.1, -0.05) is 12.1 Å². The van der Waals surface area contributed by atoms with Crippen molar-refractivity contribution in [1.29, 1.82) is 0 Å². The number of hydrogen-bond donors (Lipinski definition) is 3. The van der Waals surface area contributed by atoms with Crippen molar-refractivity contribution < 1.29 is 9.84 Å². The molecule has 0 aromatic heterocycles. The summed E-state index contributed by atoms with van der Waals surface area (Å²) in [7, 11) is 1.63. The Hall–Kier alpha value is -1.79. The summed E-state index contributed by atoms with van der Waals surface area (Å²) in [6.45, 7) is 6.57. The zero-order valence-corrected chi connectivity index (χ0v) is 16.1. The fourth-order valence-corrected chi connectivity index (χ4v) is 3.72. The lowest BCUT2D eigenvalue weighted by Crippen LogP contribution is -2.45. The van der Waals surface area contributed by atoms with Gasteiger partial charge in [0.15, 0.2) is 5.96 Å². The van der Waals surface area contributed by atoms with Crippen LogP contribution >= 0.6 is 0 Å². The molecule has 0 spiro atoms. The molecule has 0 amide bonds. The van der Waals surface area contributed by atoms with Crippen molar-refractivity contribution in [3.05, 3.63) is 29.8 Å². The van der Waals surface area contributed by atoms with Crippen molar-refractivity contribution in [2.45, 2.75) is 57.3 Å². The van der Waals surface area contributed by atoms with Gasteiger partial charge in [0.05, 0.1) is 19.8 Å². The molecule has 1 saturated carbocycles.